The van der Waals surface area contributed by atoms with E-state index in [2.05, 4.69) is 22.1 Å². The number of nitrogens with one attached hydrogen (secondary N) is 1. The second-order valence-electron chi connectivity index (χ2n) is 4.72. The van der Waals surface area contributed by atoms with Gasteiger partial charge in [-0.05, 0) is 31.4 Å². The predicted octanol–water partition coefficient (Wildman–Crippen LogP) is 0.689. The highest BCUT2D eigenvalue weighted by Gasteiger charge is 2.28. The highest BCUT2D eigenvalue weighted by atomic mass is 16.5. The van der Waals surface area contributed by atoms with Gasteiger partial charge >= 0.3 is 0 Å². The van der Waals surface area contributed by atoms with Gasteiger partial charge in [-0.3, -0.25) is 4.79 Å². The van der Waals surface area contributed by atoms with Crippen LogP contribution in [0.5, 0.6) is 0 Å². The maximum Gasteiger partial charge on any atom is 0.270 e. The normalized spacial score (nSPS) is 21.1. The van der Waals surface area contributed by atoms with Crippen molar-refractivity contribution in [2.45, 2.75) is 31.4 Å². The molecule has 1 aliphatic rings. The van der Waals surface area contributed by atoms with Gasteiger partial charge in [0.25, 0.3) is 5.91 Å². The number of nitrogens with two attached hydrogens (primary N) is 1. The van der Waals surface area contributed by atoms with E-state index in [1.165, 1.54) is 0 Å². The first-order valence-electron chi connectivity index (χ1n) is 6.73. The van der Waals surface area contributed by atoms with E-state index in [-0.39, 0.29) is 18.1 Å². The van der Waals surface area contributed by atoms with Gasteiger partial charge in [0.1, 0.15) is 5.69 Å². The summed E-state index contributed by atoms with van der Waals surface area (Å²) in [5, 5.41) is 2.98. The molecule has 1 aliphatic carbocycles. The minimum absolute atomic E-state index is 0.0750. The average molecular weight is 273 g/mol. The maximum atomic E-state index is 12.1. The Labute approximate surface area is 118 Å². The molecule has 2 unspecified atom stereocenters. The molecule has 2 atom stereocenters. The summed E-state index contributed by atoms with van der Waals surface area (Å²) in [6.45, 7) is 0.308. The first kappa shape index (κ1) is 14.5. The molecule has 106 valence electrons. The quantitative estimate of drug-likeness (QED) is 0.794. The van der Waals surface area contributed by atoms with Gasteiger partial charge in [0, 0.05) is 18.9 Å². The molecule has 1 saturated carbocycles. The fourth-order valence-electron chi connectivity index (χ4n) is 2.37. The molecule has 1 aromatic heterocycles. The van der Waals surface area contributed by atoms with Crippen LogP contribution in [0.4, 0.5) is 0 Å². The lowest BCUT2D eigenvalue weighted by Crippen LogP contribution is -2.41. The topological polar surface area (TPSA) is 77.2 Å². The van der Waals surface area contributed by atoms with Gasteiger partial charge in [-0.1, -0.05) is 11.8 Å². The number of pyridine rings is 1. The highest BCUT2D eigenvalue weighted by molar-refractivity contribution is 5.92. The number of carbonyl (C=O) groups is 1. The summed E-state index contributed by atoms with van der Waals surface area (Å²) in [6, 6.07) is 3.52. The number of hydrogen-bond acceptors (Lipinski definition) is 4. The van der Waals surface area contributed by atoms with Crippen molar-refractivity contribution in [2.75, 3.05) is 13.7 Å². The molecular formula is C15H19N3O2. The monoisotopic (exact) mass is 273 g/mol. The minimum atomic E-state index is -0.169. The van der Waals surface area contributed by atoms with Gasteiger partial charge in [0.05, 0.1) is 18.7 Å². The second kappa shape index (κ2) is 7.04. The van der Waals surface area contributed by atoms with Gasteiger partial charge in [-0.2, -0.15) is 0 Å². The number of amides is 1. The molecular weight excluding hydrogens is 254 g/mol. The zero-order valence-corrected chi connectivity index (χ0v) is 11.6. The lowest BCUT2D eigenvalue weighted by molar-refractivity contribution is 0.0719. The lowest BCUT2D eigenvalue weighted by Gasteiger charge is -2.19. The van der Waals surface area contributed by atoms with E-state index < -0.39 is 0 Å². The van der Waals surface area contributed by atoms with E-state index >= 15 is 0 Å². The first-order valence-corrected chi connectivity index (χ1v) is 6.73. The largest absolute Gasteiger partial charge is 0.379 e. The molecule has 20 heavy (non-hydrogen) atoms. The summed E-state index contributed by atoms with van der Waals surface area (Å²) in [5.41, 5.74) is 6.45. The van der Waals surface area contributed by atoms with Crippen molar-refractivity contribution in [3.63, 3.8) is 0 Å². The van der Waals surface area contributed by atoms with E-state index in [1.807, 2.05) is 0 Å². The number of ether oxygens (including phenoxy) is 1. The lowest BCUT2D eigenvalue weighted by atomic mass is 10.2. The number of aromatic nitrogens is 1. The van der Waals surface area contributed by atoms with E-state index in [9.17, 15) is 4.79 Å². The minimum Gasteiger partial charge on any atom is -0.379 e. The van der Waals surface area contributed by atoms with E-state index in [0.29, 0.717) is 12.2 Å². The van der Waals surface area contributed by atoms with Crippen LogP contribution >= 0.6 is 0 Å². The SMILES string of the molecule is COC1CCCC1NC(=O)c1ccc(C#CCN)cn1. The standard InChI is InChI=1S/C15H19N3O2/c1-20-14-6-2-5-12(14)18-15(19)13-8-7-11(10-17-13)4-3-9-16/h7-8,10,12,14H,2,5-6,9,16H2,1H3,(H,18,19). The Balaban J connectivity index is 1.98. The molecule has 0 bridgehead atoms. The van der Waals surface area contributed by atoms with E-state index in [0.717, 1.165) is 24.8 Å². The Morgan fingerprint density at radius 3 is 3.05 bits per heavy atom. The van der Waals surface area contributed by atoms with Crippen LogP contribution < -0.4 is 11.1 Å². The van der Waals surface area contributed by atoms with Gasteiger partial charge in [-0.15, -0.1) is 0 Å². The number of methoxy groups -OCH3 is 1. The van der Waals surface area contributed by atoms with Crippen molar-refractivity contribution in [3.8, 4) is 11.8 Å². The van der Waals surface area contributed by atoms with Crippen LogP contribution in [0.2, 0.25) is 0 Å². The van der Waals surface area contributed by atoms with Crippen molar-refractivity contribution in [2.24, 2.45) is 5.73 Å². The molecule has 1 aromatic rings. The first-order chi connectivity index (χ1) is 9.74. The van der Waals surface area contributed by atoms with Crippen molar-refractivity contribution < 1.29 is 9.53 Å². The maximum absolute atomic E-state index is 12.1. The predicted molar refractivity (Wildman–Crippen MR) is 76.1 cm³/mol. The molecule has 5 nitrogen and oxygen atoms in total. The Morgan fingerprint density at radius 2 is 2.40 bits per heavy atom. The van der Waals surface area contributed by atoms with E-state index in [1.54, 1.807) is 25.4 Å². The molecule has 0 spiro atoms. The Bertz CT molecular complexity index is 516. The third-order valence-corrected chi connectivity index (χ3v) is 3.40. The summed E-state index contributed by atoms with van der Waals surface area (Å²) >= 11 is 0. The molecule has 0 aliphatic heterocycles. The fourth-order valence-corrected chi connectivity index (χ4v) is 2.37. The molecule has 0 aromatic carbocycles. The van der Waals surface area contributed by atoms with Gasteiger partial charge in [-0.25, -0.2) is 4.98 Å². The van der Waals surface area contributed by atoms with Crippen LogP contribution in [0.25, 0.3) is 0 Å². The number of carbonyl (C=O) groups excluding carboxylic acids is 1. The summed E-state index contributed by atoms with van der Waals surface area (Å²) < 4.78 is 5.36. The van der Waals surface area contributed by atoms with Crippen molar-refractivity contribution in [3.05, 3.63) is 29.6 Å². The molecule has 1 amide bonds. The third-order valence-electron chi connectivity index (χ3n) is 3.40. The Morgan fingerprint density at radius 1 is 1.55 bits per heavy atom. The highest BCUT2D eigenvalue weighted by Crippen LogP contribution is 2.21. The molecule has 1 heterocycles. The van der Waals surface area contributed by atoms with Crippen LogP contribution in [0.3, 0.4) is 0 Å². The number of rotatable bonds is 3. The van der Waals surface area contributed by atoms with Gasteiger partial charge in [0.15, 0.2) is 0 Å². The fraction of sp³-hybridized carbons (Fsp3) is 0.467. The van der Waals surface area contributed by atoms with Gasteiger partial charge in [0.2, 0.25) is 0 Å². The average Bonchev–Trinajstić information content (AvgIpc) is 2.92. The second-order valence-corrected chi connectivity index (χ2v) is 4.72. The van der Waals surface area contributed by atoms with Crippen LogP contribution in [0.1, 0.15) is 35.3 Å². The third kappa shape index (κ3) is 3.56. The Kier molecular flexibility index (Phi) is 5.10. The van der Waals surface area contributed by atoms with E-state index in [4.69, 9.17) is 10.5 Å². The summed E-state index contributed by atoms with van der Waals surface area (Å²) in [7, 11) is 1.68. The summed E-state index contributed by atoms with van der Waals surface area (Å²) in [6.07, 6.45) is 4.70. The molecule has 5 heteroatoms. The number of nitrogens with zero attached hydrogens (tertiary/aromatic N) is 1. The molecule has 0 saturated heterocycles. The zero-order chi connectivity index (χ0) is 14.4. The van der Waals surface area contributed by atoms with Crippen LogP contribution in [-0.4, -0.2) is 36.7 Å². The molecule has 1 fully saturated rings. The van der Waals surface area contributed by atoms with Crippen LogP contribution in [-0.2, 0) is 4.74 Å². The van der Waals surface area contributed by atoms with Gasteiger partial charge < -0.3 is 15.8 Å². The molecule has 0 radical (unpaired) electrons. The van der Waals surface area contributed by atoms with Crippen LogP contribution in [0, 0.1) is 11.8 Å². The zero-order valence-electron chi connectivity index (χ0n) is 11.6. The van der Waals surface area contributed by atoms with Crippen molar-refractivity contribution >= 4 is 5.91 Å². The van der Waals surface area contributed by atoms with Crippen molar-refractivity contribution in [1.29, 1.82) is 0 Å². The summed E-state index contributed by atoms with van der Waals surface area (Å²) in [4.78, 5) is 16.2. The Hall–Kier alpha value is -1.90. The smallest absolute Gasteiger partial charge is 0.270 e. The number of hydrogen-bond donors (Lipinski definition) is 2. The molecule has 3 N–H and O–H groups in total. The molecule has 2 rings (SSSR count). The summed E-state index contributed by atoms with van der Waals surface area (Å²) in [5.74, 6) is 5.45. The van der Waals surface area contributed by atoms with Crippen molar-refractivity contribution in [1.82, 2.24) is 10.3 Å². The van der Waals surface area contributed by atoms with Crippen LogP contribution in [0.15, 0.2) is 18.3 Å².